The van der Waals surface area contributed by atoms with Crippen LogP contribution >= 0.6 is 0 Å². The molecular weight excluding hydrogens is 270 g/mol. The van der Waals surface area contributed by atoms with Crippen molar-refractivity contribution in [1.29, 1.82) is 0 Å². The second-order valence-corrected chi connectivity index (χ2v) is 5.62. The molecule has 5 heteroatoms. The average Bonchev–Trinajstić information content (AvgIpc) is 2.80. The molecule has 0 spiro atoms. The molecule has 116 valence electrons. The van der Waals surface area contributed by atoms with Gasteiger partial charge < -0.3 is 14.6 Å². The van der Waals surface area contributed by atoms with Crippen LogP contribution in [0, 0.1) is 12.8 Å². The van der Waals surface area contributed by atoms with E-state index in [2.05, 4.69) is 0 Å². The molecule has 0 bridgehead atoms. The Bertz CT molecular complexity index is 460. The summed E-state index contributed by atoms with van der Waals surface area (Å²) in [5, 5.41) is 11.5. The highest BCUT2D eigenvalue weighted by Crippen LogP contribution is 2.30. The van der Waals surface area contributed by atoms with Crippen molar-refractivity contribution in [3.8, 4) is 0 Å². The maximum absolute atomic E-state index is 11.5. The monoisotopic (exact) mass is 293 g/mol. The summed E-state index contributed by atoms with van der Waals surface area (Å²) >= 11 is 0. The average molecular weight is 293 g/mol. The van der Waals surface area contributed by atoms with Crippen LogP contribution in [0.25, 0.3) is 0 Å². The number of nitrogens with zero attached hydrogens (tertiary/aromatic N) is 1. The number of aliphatic hydroxyl groups is 1. The summed E-state index contributed by atoms with van der Waals surface area (Å²) in [4.78, 5) is 17.3. The Hall–Kier alpha value is -1.27. The van der Waals surface area contributed by atoms with E-state index in [0.717, 1.165) is 11.8 Å². The van der Waals surface area contributed by atoms with Gasteiger partial charge in [0.15, 0.2) is 0 Å². The van der Waals surface area contributed by atoms with Crippen LogP contribution in [0.4, 0.5) is 0 Å². The molecule has 1 fully saturated rings. The molecule has 1 aromatic carbocycles. The smallest absolute Gasteiger partial charge is 0.140 e. The Kier molecular flexibility index (Phi) is 5.47. The van der Waals surface area contributed by atoms with Crippen LogP contribution in [-0.2, 0) is 20.9 Å². The lowest BCUT2D eigenvalue weighted by Crippen LogP contribution is -2.37. The number of carbonyl (C=O) groups excluding carboxylic acids is 1. The van der Waals surface area contributed by atoms with Gasteiger partial charge in [0.1, 0.15) is 12.4 Å². The van der Waals surface area contributed by atoms with Gasteiger partial charge >= 0.3 is 0 Å². The zero-order chi connectivity index (χ0) is 15.4. The van der Waals surface area contributed by atoms with Gasteiger partial charge in [-0.1, -0.05) is 29.8 Å². The van der Waals surface area contributed by atoms with Gasteiger partial charge in [-0.3, -0.25) is 4.84 Å². The number of hydrogen-bond donors (Lipinski definition) is 1. The van der Waals surface area contributed by atoms with E-state index in [1.54, 1.807) is 19.1 Å². The number of carbonyl (C=O) groups is 1. The van der Waals surface area contributed by atoms with Crippen molar-refractivity contribution >= 4 is 6.29 Å². The van der Waals surface area contributed by atoms with Crippen LogP contribution in [0.5, 0.6) is 0 Å². The Labute approximate surface area is 125 Å². The molecule has 4 atom stereocenters. The summed E-state index contributed by atoms with van der Waals surface area (Å²) in [7, 11) is 1.59. The number of aryl methyl sites for hydroxylation is 1. The summed E-state index contributed by atoms with van der Waals surface area (Å²) in [5.74, 6) is -0.169. The van der Waals surface area contributed by atoms with E-state index in [1.807, 2.05) is 31.2 Å². The number of rotatable bonds is 6. The minimum Gasteiger partial charge on any atom is -0.391 e. The summed E-state index contributed by atoms with van der Waals surface area (Å²) < 4.78 is 5.18. The highest BCUT2D eigenvalue weighted by molar-refractivity contribution is 5.58. The first-order valence-corrected chi connectivity index (χ1v) is 7.18. The first kappa shape index (κ1) is 16.1. The summed E-state index contributed by atoms with van der Waals surface area (Å²) in [6.45, 7) is 4.59. The Morgan fingerprint density at radius 3 is 2.62 bits per heavy atom. The third kappa shape index (κ3) is 3.68. The van der Waals surface area contributed by atoms with Gasteiger partial charge in [-0.2, -0.15) is 5.06 Å². The fourth-order valence-corrected chi connectivity index (χ4v) is 2.73. The second kappa shape index (κ2) is 7.13. The van der Waals surface area contributed by atoms with Crippen LogP contribution in [0.2, 0.25) is 0 Å². The third-order valence-corrected chi connectivity index (χ3v) is 3.88. The molecule has 1 heterocycles. The van der Waals surface area contributed by atoms with Gasteiger partial charge in [-0.15, -0.1) is 0 Å². The van der Waals surface area contributed by atoms with Gasteiger partial charge in [0.25, 0.3) is 0 Å². The number of benzene rings is 1. The highest BCUT2D eigenvalue weighted by Gasteiger charge is 2.45. The van der Waals surface area contributed by atoms with Crippen molar-refractivity contribution in [3.63, 3.8) is 0 Å². The zero-order valence-electron chi connectivity index (χ0n) is 12.7. The minimum atomic E-state index is -0.657. The molecule has 5 nitrogen and oxygen atoms in total. The SMILES string of the molecule is COCC1C(C(C)O)ON(Cc2ccc(C)cc2)C1C=O. The van der Waals surface area contributed by atoms with Crippen molar-refractivity contribution in [2.45, 2.75) is 38.6 Å². The lowest BCUT2D eigenvalue weighted by atomic mass is 9.93. The van der Waals surface area contributed by atoms with Crippen LogP contribution in [-0.4, -0.2) is 48.4 Å². The number of ether oxygens (including phenoxy) is 1. The minimum absolute atomic E-state index is 0.169. The molecule has 0 amide bonds. The number of methoxy groups -OCH3 is 1. The standard InChI is InChI=1S/C16H23NO4/c1-11-4-6-13(7-5-11)8-17-15(9-18)14(10-20-3)16(21-17)12(2)19/h4-7,9,12,14-16,19H,8,10H2,1-3H3. The summed E-state index contributed by atoms with van der Waals surface area (Å²) in [5.41, 5.74) is 2.25. The van der Waals surface area contributed by atoms with Crippen LogP contribution in [0.1, 0.15) is 18.1 Å². The molecule has 1 N–H and O–H groups in total. The first-order chi connectivity index (χ1) is 10.1. The normalized spacial score (nSPS) is 27.7. The summed E-state index contributed by atoms with van der Waals surface area (Å²) in [6, 6.07) is 7.68. The fraction of sp³-hybridized carbons (Fsp3) is 0.562. The van der Waals surface area contributed by atoms with E-state index in [1.165, 1.54) is 5.56 Å². The molecule has 0 aliphatic carbocycles. The third-order valence-electron chi connectivity index (χ3n) is 3.88. The van der Waals surface area contributed by atoms with E-state index in [9.17, 15) is 9.90 Å². The van der Waals surface area contributed by atoms with Gasteiger partial charge in [0.05, 0.1) is 18.8 Å². The molecule has 0 saturated carbocycles. The first-order valence-electron chi connectivity index (χ1n) is 7.18. The Morgan fingerprint density at radius 1 is 1.43 bits per heavy atom. The van der Waals surface area contributed by atoms with Gasteiger partial charge in [-0.05, 0) is 19.4 Å². The maximum atomic E-state index is 11.5. The van der Waals surface area contributed by atoms with E-state index in [0.29, 0.717) is 13.2 Å². The number of aliphatic hydroxyl groups excluding tert-OH is 1. The molecule has 1 aliphatic rings. The molecule has 21 heavy (non-hydrogen) atoms. The van der Waals surface area contributed by atoms with E-state index >= 15 is 0 Å². The topological polar surface area (TPSA) is 59.0 Å². The van der Waals surface area contributed by atoms with E-state index in [4.69, 9.17) is 9.57 Å². The predicted molar refractivity (Wildman–Crippen MR) is 78.5 cm³/mol. The maximum Gasteiger partial charge on any atom is 0.140 e. The number of aldehydes is 1. The lowest BCUT2D eigenvalue weighted by molar-refractivity contribution is -0.189. The predicted octanol–water partition coefficient (Wildman–Crippen LogP) is 1.32. The molecule has 1 saturated heterocycles. The van der Waals surface area contributed by atoms with Crippen LogP contribution < -0.4 is 0 Å². The Balaban J connectivity index is 2.14. The van der Waals surface area contributed by atoms with E-state index < -0.39 is 18.2 Å². The molecule has 1 aromatic rings. The van der Waals surface area contributed by atoms with Gasteiger partial charge in [0.2, 0.25) is 0 Å². The number of hydroxylamine groups is 2. The van der Waals surface area contributed by atoms with Crippen molar-refractivity contribution in [2.24, 2.45) is 5.92 Å². The molecular formula is C16H23NO4. The van der Waals surface area contributed by atoms with E-state index in [-0.39, 0.29) is 5.92 Å². The van der Waals surface area contributed by atoms with Crippen LogP contribution in [0.15, 0.2) is 24.3 Å². The molecule has 2 rings (SSSR count). The molecule has 0 radical (unpaired) electrons. The van der Waals surface area contributed by atoms with Crippen molar-refractivity contribution in [2.75, 3.05) is 13.7 Å². The highest BCUT2D eigenvalue weighted by atomic mass is 16.7. The van der Waals surface area contributed by atoms with Crippen molar-refractivity contribution < 1.29 is 19.5 Å². The second-order valence-electron chi connectivity index (χ2n) is 5.62. The molecule has 4 unspecified atom stereocenters. The molecule has 1 aliphatic heterocycles. The van der Waals surface area contributed by atoms with Gasteiger partial charge in [0, 0.05) is 19.6 Å². The Morgan fingerprint density at radius 2 is 2.10 bits per heavy atom. The largest absolute Gasteiger partial charge is 0.391 e. The van der Waals surface area contributed by atoms with Crippen molar-refractivity contribution in [1.82, 2.24) is 5.06 Å². The van der Waals surface area contributed by atoms with Crippen LogP contribution in [0.3, 0.4) is 0 Å². The number of hydrogen-bond acceptors (Lipinski definition) is 5. The molecule has 0 aromatic heterocycles. The summed E-state index contributed by atoms with van der Waals surface area (Å²) in [6.07, 6.45) is -0.207. The van der Waals surface area contributed by atoms with Crippen molar-refractivity contribution in [3.05, 3.63) is 35.4 Å². The zero-order valence-corrected chi connectivity index (χ0v) is 12.7. The quantitative estimate of drug-likeness (QED) is 0.802. The lowest BCUT2D eigenvalue weighted by Gasteiger charge is -2.20. The fourth-order valence-electron chi connectivity index (χ4n) is 2.73. The van der Waals surface area contributed by atoms with Gasteiger partial charge in [-0.25, -0.2) is 0 Å².